The number of aromatic nitrogens is 1. The minimum atomic E-state index is -0.0627. The second-order valence-corrected chi connectivity index (χ2v) is 4.88. The maximum Gasteiger partial charge on any atom is 0.226 e. The molecule has 0 saturated heterocycles. The highest BCUT2D eigenvalue weighted by molar-refractivity contribution is 7.16. The van der Waals surface area contributed by atoms with Crippen LogP contribution in [0.15, 0.2) is 6.20 Å². The molecule has 1 aromatic heterocycles. The Kier molecular flexibility index (Phi) is 6.36. The minimum absolute atomic E-state index is 0.0627. The molecule has 0 aliphatic rings. The lowest BCUT2D eigenvalue weighted by Gasteiger charge is -2.08. The lowest BCUT2D eigenvalue weighted by Crippen LogP contribution is -2.17. The van der Waals surface area contributed by atoms with Crippen molar-refractivity contribution in [2.45, 2.75) is 13.3 Å². The third-order valence-corrected chi connectivity index (χ3v) is 2.88. The predicted octanol–water partition coefficient (Wildman–Crippen LogP) is 1.06. The second kappa shape index (κ2) is 7.82. The van der Waals surface area contributed by atoms with Gasteiger partial charge in [0.1, 0.15) is 0 Å². The van der Waals surface area contributed by atoms with Crippen LogP contribution < -0.4 is 11.1 Å². The van der Waals surface area contributed by atoms with Gasteiger partial charge in [-0.05, 0) is 5.92 Å². The SMILES string of the molecule is COCC(C)CC(=O)Nc1ncc(C#CCN)s1. The first-order chi connectivity index (χ1) is 8.65. The van der Waals surface area contributed by atoms with Gasteiger partial charge in [-0.1, -0.05) is 30.1 Å². The Morgan fingerprint density at radius 3 is 3.17 bits per heavy atom. The maximum absolute atomic E-state index is 11.7. The Bertz CT molecular complexity index is 448. The number of nitrogens with zero attached hydrogens (tertiary/aromatic N) is 1. The Balaban J connectivity index is 2.47. The number of hydrogen-bond acceptors (Lipinski definition) is 5. The average molecular weight is 267 g/mol. The summed E-state index contributed by atoms with van der Waals surface area (Å²) in [5.74, 6) is 5.73. The third kappa shape index (κ3) is 5.27. The maximum atomic E-state index is 11.7. The zero-order valence-electron chi connectivity index (χ0n) is 10.5. The fourth-order valence-electron chi connectivity index (χ4n) is 1.36. The van der Waals surface area contributed by atoms with E-state index in [1.165, 1.54) is 11.3 Å². The van der Waals surface area contributed by atoms with Crippen molar-refractivity contribution in [3.05, 3.63) is 11.1 Å². The summed E-state index contributed by atoms with van der Waals surface area (Å²) in [6.07, 6.45) is 2.04. The summed E-state index contributed by atoms with van der Waals surface area (Å²) in [6, 6.07) is 0. The van der Waals surface area contributed by atoms with E-state index < -0.39 is 0 Å². The van der Waals surface area contributed by atoms with Crippen molar-refractivity contribution in [3.63, 3.8) is 0 Å². The summed E-state index contributed by atoms with van der Waals surface area (Å²) >= 11 is 1.34. The molecule has 6 heteroatoms. The molecule has 1 atom stereocenters. The Labute approximate surface area is 111 Å². The predicted molar refractivity (Wildman–Crippen MR) is 72.3 cm³/mol. The summed E-state index contributed by atoms with van der Waals surface area (Å²) < 4.78 is 4.98. The standard InChI is InChI=1S/C12H17N3O2S/c1-9(8-17-2)6-11(16)15-12-14-7-10(18-12)4-3-5-13/h7,9H,5-6,8,13H2,1-2H3,(H,14,15,16). The molecule has 1 rings (SSSR count). The van der Waals surface area contributed by atoms with E-state index in [-0.39, 0.29) is 11.8 Å². The van der Waals surface area contributed by atoms with Crippen LogP contribution in [0.5, 0.6) is 0 Å². The highest BCUT2D eigenvalue weighted by Gasteiger charge is 2.10. The van der Waals surface area contributed by atoms with Crippen LogP contribution in [0.1, 0.15) is 18.2 Å². The van der Waals surface area contributed by atoms with E-state index >= 15 is 0 Å². The molecule has 98 valence electrons. The van der Waals surface area contributed by atoms with Gasteiger partial charge in [-0.15, -0.1) is 0 Å². The number of ether oxygens (including phenoxy) is 1. The first kappa shape index (κ1) is 14.6. The number of carbonyl (C=O) groups excluding carboxylic acids is 1. The normalized spacial score (nSPS) is 11.5. The summed E-state index contributed by atoms with van der Waals surface area (Å²) in [6.45, 7) is 2.84. The van der Waals surface area contributed by atoms with Gasteiger partial charge >= 0.3 is 0 Å². The van der Waals surface area contributed by atoms with Crippen LogP contribution in [0.25, 0.3) is 0 Å². The van der Waals surface area contributed by atoms with Crippen molar-refractivity contribution in [3.8, 4) is 11.8 Å². The van der Waals surface area contributed by atoms with Gasteiger partial charge in [0.15, 0.2) is 5.13 Å². The molecule has 1 amide bonds. The molecule has 1 unspecified atom stereocenters. The highest BCUT2D eigenvalue weighted by Crippen LogP contribution is 2.17. The molecule has 0 bridgehead atoms. The van der Waals surface area contributed by atoms with Gasteiger partial charge in [-0.2, -0.15) is 0 Å². The number of anilines is 1. The van der Waals surface area contributed by atoms with Gasteiger partial charge < -0.3 is 15.8 Å². The molecule has 0 fully saturated rings. The van der Waals surface area contributed by atoms with E-state index in [0.717, 1.165) is 4.88 Å². The Morgan fingerprint density at radius 2 is 2.50 bits per heavy atom. The first-order valence-corrected chi connectivity index (χ1v) is 6.41. The van der Waals surface area contributed by atoms with E-state index in [4.69, 9.17) is 10.5 Å². The number of amides is 1. The molecule has 0 aliphatic heterocycles. The van der Waals surface area contributed by atoms with Crippen molar-refractivity contribution in [2.75, 3.05) is 25.6 Å². The molecule has 0 spiro atoms. The van der Waals surface area contributed by atoms with E-state index in [1.54, 1.807) is 13.3 Å². The van der Waals surface area contributed by atoms with Crippen LogP contribution in [0.2, 0.25) is 0 Å². The van der Waals surface area contributed by atoms with Gasteiger partial charge in [-0.3, -0.25) is 4.79 Å². The summed E-state index contributed by atoms with van der Waals surface area (Å²) in [4.78, 5) is 16.5. The van der Waals surface area contributed by atoms with Crippen LogP contribution in [0.3, 0.4) is 0 Å². The van der Waals surface area contributed by atoms with E-state index in [9.17, 15) is 4.79 Å². The average Bonchev–Trinajstić information content (AvgIpc) is 2.74. The highest BCUT2D eigenvalue weighted by atomic mass is 32.1. The van der Waals surface area contributed by atoms with Gasteiger partial charge in [-0.25, -0.2) is 4.98 Å². The molecule has 1 aromatic rings. The number of thiazole rings is 1. The molecule has 18 heavy (non-hydrogen) atoms. The molecular formula is C12H17N3O2S. The van der Waals surface area contributed by atoms with Gasteiger partial charge in [0, 0.05) is 20.1 Å². The Morgan fingerprint density at radius 1 is 1.72 bits per heavy atom. The van der Waals surface area contributed by atoms with Crippen LogP contribution >= 0.6 is 11.3 Å². The van der Waals surface area contributed by atoms with Gasteiger partial charge in [0.25, 0.3) is 0 Å². The summed E-state index contributed by atoms with van der Waals surface area (Å²) in [7, 11) is 1.62. The lowest BCUT2D eigenvalue weighted by atomic mass is 10.1. The molecule has 1 heterocycles. The van der Waals surface area contributed by atoms with E-state index in [0.29, 0.717) is 24.7 Å². The number of nitrogens with one attached hydrogen (secondary N) is 1. The molecule has 0 saturated carbocycles. The number of nitrogens with two attached hydrogens (primary N) is 1. The number of hydrogen-bond donors (Lipinski definition) is 2. The summed E-state index contributed by atoms with van der Waals surface area (Å²) in [5, 5.41) is 3.30. The quantitative estimate of drug-likeness (QED) is 0.782. The van der Waals surface area contributed by atoms with Crippen LogP contribution in [0.4, 0.5) is 5.13 Å². The number of carbonyl (C=O) groups is 1. The van der Waals surface area contributed by atoms with Gasteiger partial charge in [0.05, 0.1) is 17.6 Å². The van der Waals surface area contributed by atoms with Gasteiger partial charge in [0.2, 0.25) is 5.91 Å². The van der Waals surface area contributed by atoms with Crippen LogP contribution in [0, 0.1) is 17.8 Å². The molecule has 0 aliphatic carbocycles. The molecule has 0 radical (unpaired) electrons. The minimum Gasteiger partial charge on any atom is -0.384 e. The number of methoxy groups -OCH3 is 1. The van der Waals surface area contributed by atoms with E-state index in [1.807, 2.05) is 6.92 Å². The second-order valence-electron chi connectivity index (χ2n) is 3.85. The fraction of sp³-hybridized carbons (Fsp3) is 0.500. The topological polar surface area (TPSA) is 77.2 Å². The lowest BCUT2D eigenvalue weighted by molar-refractivity contribution is -0.117. The largest absolute Gasteiger partial charge is 0.384 e. The van der Waals surface area contributed by atoms with Crippen LogP contribution in [-0.2, 0) is 9.53 Å². The zero-order valence-corrected chi connectivity index (χ0v) is 11.3. The first-order valence-electron chi connectivity index (χ1n) is 5.59. The smallest absolute Gasteiger partial charge is 0.226 e. The van der Waals surface area contributed by atoms with Crippen molar-refractivity contribution >= 4 is 22.4 Å². The molecule has 5 nitrogen and oxygen atoms in total. The molecular weight excluding hydrogens is 250 g/mol. The van der Waals surface area contributed by atoms with E-state index in [2.05, 4.69) is 22.1 Å². The molecule has 0 aromatic carbocycles. The van der Waals surface area contributed by atoms with Crippen molar-refractivity contribution < 1.29 is 9.53 Å². The van der Waals surface area contributed by atoms with Crippen molar-refractivity contribution in [2.24, 2.45) is 11.7 Å². The third-order valence-electron chi connectivity index (χ3n) is 2.05. The summed E-state index contributed by atoms with van der Waals surface area (Å²) in [5.41, 5.74) is 5.28. The Hall–Kier alpha value is -1.42. The molecule has 3 N–H and O–H groups in total. The van der Waals surface area contributed by atoms with Crippen molar-refractivity contribution in [1.82, 2.24) is 4.98 Å². The zero-order chi connectivity index (χ0) is 13.4. The fourth-order valence-corrected chi connectivity index (χ4v) is 2.07. The monoisotopic (exact) mass is 267 g/mol. The number of rotatable bonds is 5. The van der Waals surface area contributed by atoms with Crippen LogP contribution in [-0.4, -0.2) is 31.2 Å². The van der Waals surface area contributed by atoms with Crippen molar-refractivity contribution in [1.29, 1.82) is 0 Å².